The number of phenolic OH excluding ortho intramolecular Hbond substituents is 1. The van der Waals surface area contributed by atoms with Crippen LogP contribution in [-0.4, -0.2) is 27.1 Å². The fourth-order valence-corrected chi connectivity index (χ4v) is 1.06. The van der Waals surface area contributed by atoms with Gasteiger partial charge in [0.1, 0.15) is 11.5 Å². The van der Waals surface area contributed by atoms with Crippen LogP contribution in [0.5, 0.6) is 5.75 Å². The lowest BCUT2D eigenvalue weighted by Crippen LogP contribution is -2.08. The highest BCUT2D eigenvalue weighted by molar-refractivity contribution is 6.37. The Morgan fingerprint density at radius 2 is 1.88 bits per heavy atom. The molecule has 0 aliphatic rings. The van der Waals surface area contributed by atoms with Gasteiger partial charge in [0.25, 0.3) is 5.78 Å². The van der Waals surface area contributed by atoms with Crippen LogP contribution in [0.15, 0.2) is 42.5 Å². The maximum Gasteiger partial charge on any atom is 0.376 e. The number of carboxylic acid groups (broad SMARTS) is 1. The molecule has 0 fully saturated rings. The zero-order chi connectivity index (χ0) is 12.8. The Morgan fingerprint density at radius 1 is 1.18 bits per heavy atom. The molecule has 0 aliphatic heterocycles. The van der Waals surface area contributed by atoms with Gasteiger partial charge in [0.2, 0.25) is 0 Å². The van der Waals surface area contributed by atoms with Gasteiger partial charge in [-0.05, 0) is 24.3 Å². The maximum absolute atomic E-state index is 10.7. The topological polar surface area (TPSA) is 94.8 Å². The minimum atomic E-state index is -1.56. The predicted molar refractivity (Wildman–Crippen MR) is 60.5 cm³/mol. The lowest BCUT2D eigenvalue weighted by atomic mass is 10.1. The lowest BCUT2D eigenvalue weighted by molar-refractivity contribution is -0.146. The van der Waals surface area contributed by atoms with E-state index in [1.807, 2.05) is 0 Å². The number of carbonyl (C=O) groups is 2. The molecule has 3 N–H and O–H groups in total. The summed E-state index contributed by atoms with van der Waals surface area (Å²) in [6, 6.07) is 5.87. The number of aromatic hydroxyl groups is 1. The monoisotopic (exact) mass is 234 g/mol. The zero-order valence-corrected chi connectivity index (χ0v) is 8.70. The molecule has 0 aromatic heterocycles. The Hall–Kier alpha value is -2.56. The summed E-state index contributed by atoms with van der Waals surface area (Å²) < 4.78 is 0. The van der Waals surface area contributed by atoms with Crippen LogP contribution in [-0.2, 0) is 9.59 Å². The highest BCUT2D eigenvalue weighted by Crippen LogP contribution is 2.16. The van der Waals surface area contributed by atoms with E-state index < -0.39 is 11.8 Å². The van der Waals surface area contributed by atoms with Crippen LogP contribution in [0, 0.1) is 0 Å². The molecule has 5 nitrogen and oxygen atoms in total. The van der Waals surface area contributed by atoms with Crippen molar-refractivity contribution >= 4 is 17.5 Å². The number of hydrogen-bond acceptors (Lipinski definition) is 4. The molecule has 0 unspecified atom stereocenters. The molecule has 0 saturated carbocycles. The van der Waals surface area contributed by atoms with Crippen molar-refractivity contribution in [1.82, 2.24) is 0 Å². The number of aliphatic hydroxyl groups excluding tert-OH is 1. The van der Waals surface area contributed by atoms with Gasteiger partial charge in [-0.2, -0.15) is 0 Å². The Balaban J connectivity index is 2.80. The summed E-state index contributed by atoms with van der Waals surface area (Å²) in [6.07, 6.45) is 3.10. The van der Waals surface area contributed by atoms with Crippen molar-refractivity contribution in [1.29, 1.82) is 0 Å². The SMILES string of the molecule is O=C(O)C(=O)/C=C/C=C(\O)c1cccc(O)c1. The number of aliphatic carboxylic acids is 1. The van der Waals surface area contributed by atoms with Crippen molar-refractivity contribution in [3.05, 3.63) is 48.1 Å². The highest BCUT2D eigenvalue weighted by Gasteiger charge is 2.05. The van der Waals surface area contributed by atoms with E-state index in [0.717, 1.165) is 18.2 Å². The van der Waals surface area contributed by atoms with Crippen molar-refractivity contribution in [2.24, 2.45) is 0 Å². The number of carbonyl (C=O) groups excluding carboxylic acids is 1. The fraction of sp³-hybridized carbons (Fsp3) is 0. The fourth-order valence-electron chi connectivity index (χ4n) is 1.06. The molecule has 0 spiro atoms. The number of carboxylic acids is 1. The number of ketones is 1. The minimum Gasteiger partial charge on any atom is -0.508 e. The molecule has 0 aliphatic carbocycles. The Labute approximate surface area is 96.9 Å². The summed E-state index contributed by atoms with van der Waals surface area (Å²) in [5, 5.41) is 27.0. The summed E-state index contributed by atoms with van der Waals surface area (Å²) in [5.41, 5.74) is 0.359. The molecular formula is C12H10O5. The number of hydrogen-bond donors (Lipinski definition) is 3. The molecular weight excluding hydrogens is 224 g/mol. The molecule has 88 valence electrons. The Morgan fingerprint density at radius 3 is 2.47 bits per heavy atom. The molecule has 0 saturated heterocycles. The van der Waals surface area contributed by atoms with Crippen LogP contribution in [0.3, 0.4) is 0 Å². The van der Waals surface area contributed by atoms with E-state index in [1.54, 1.807) is 12.1 Å². The third-order valence-corrected chi connectivity index (χ3v) is 1.85. The molecule has 17 heavy (non-hydrogen) atoms. The van der Waals surface area contributed by atoms with Gasteiger partial charge in [-0.1, -0.05) is 18.2 Å². The van der Waals surface area contributed by atoms with Gasteiger partial charge in [0.15, 0.2) is 0 Å². The largest absolute Gasteiger partial charge is 0.508 e. The first kappa shape index (κ1) is 12.5. The first-order valence-electron chi connectivity index (χ1n) is 4.64. The van der Waals surface area contributed by atoms with Crippen molar-refractivity contribution in [3.8, 4) is 5.75 Å². The Kier molecular flexibility index (Phi) is 4.05. The minimum absolute atomic E-state index is 0.00644. The van der Waals surface area contributed by atoms with E-state index in [-0.39, 0.29) is 11.5 Å². The van der Waals surface area contributed by atoms with Crippen molar-refractivity contribution in [3.63, 3.8) is 0 Å². The van der Waals surface area contributed by atoms with Crippen LogP contribution in [0.25, 0.3) is 5.76 Å². The van der Waals surface area contributed by atoms with E-state index in [0.29, 0.717) is 5.56 Å². The summed E-state index contributed by atoms with van der Waals surface area (Å²) in [4.78, 5) is 20.9. The van der Waals surface area contributed by atoms with Crippen LogP contribution < -0.4 is 0 Å². The number of benzene rings is 1. The Bertz CT molecular complexity index is 499. The smallest absolute Gasteiger partial charge is 0.376 e. The van der Waals surface area contributed by atoms with Crippen molar-refractivity contribution in [2.45, 2.75) is 0 Å². The summed E-state index contributed by atoms with van der Waals surface area (Å²) in [5.74, 6) is -2.83. The normalized spacial score (nSPS) is 11.6. The van der Waals surface area contributed by atoms with Gasteiger partial charge in [0, 0.05) is 5.56 Å². The maximum atomic E-state index is 10.7. The number of allylic oxidation sites excluding steroid dienone is 2. The summed E-state index contributed by atoms with van der Waals surface area (Å²) in [7, 11) is 0. The highest BCUT2D eigenvalue weighted by atomic mass is 16.4. The molecule has 0 atom stereocenters. The van der Waals surface area contributed by atoms with Crippen LogP contribution in [0.4, 0.5) is 0 Å². The van der Waals surface area contributed by atoms with Gasteiger partial charge in [-0.3, -0.25) is 4.79 Å². The van der Waals surface area contributed by atoms with E-state index in [9.17, 15) is 14.7 Å². The van der Waals surface area contributed by atoms with Crippen molar-refractivity contribution < 1.29 is 24.9 Å². The van der Waals surface area contributed by atoms with Gasteiger partial charge in [-0.15, -0.1) is 0 Å². The quantitative estimate of drug-likeness (QED) is 0.317. The van der Waals surface area contributed by atoms with E-state index in [2.05, 4.69) is 0 Å². The summed E-state index contributed by atoms with van der Waals surface area (Å²) in [6.45, 7) is 0. The van der Waals surface area contributed by atoms with Crippen LogP contribution >= 0.6 is 0 Å². The molecule has 1 rings (SSSR count). The zero-order valence-electron chi connectivity index (χ0n) is 8.70. The molecule has 0 heterocycles. The van der Waals surface area contributed by atoms with Crippen LogP contribution in [0.2, 0.25) is 0 Å². The molecule has 0 amide bonds. The van der Waals surface area contributed by atoms with E-state index in [1.165, 1.54) is 12.1 Å². The number of phenols is 1. The molecule has 1 aromatic rings. The third kappa shape index (κ3) is 3.83. The second-order valence-corrected chi connectivity index (χ2v) is 3.13. The van der Waals surface area contributed by atoms with Gasteiger partial charge >= 0.3 is 5.97 Å². The standard InChI is InChI=1S/C12H10O5/c13-9-4-1-3-8(7-9)10(14)5-2-6-11(15)12(16)17/h1-7,13-14H,(H,16,17)/b6-2+,10-5-. The molecule has 5 heteroatoms. The van der Waals surface area contributed by atoms with Crippen molar-refractivity contribution in [2.75, 3.05) is 0 Å². The molecule has 0 bridgehead atoms. The van der Waals surface area contributed by atoms with Crippen LogP contribution in [0.1, 0.15) is 5.56 Å². The predicted octanol–water partition coefficient (Wildman–Crippen LogP) is 1.50. The molecule has 0 radical (unpaired) electrons. The average molecular weight is 234 g/mol. The lowest BCUT2D eigenvalue weighted by Gasteiger charge is -1.99. The number of aliphatic hydroxyl groups is 1. The summed E-state index contributed by atoms with van der Waals surface area (Å²) >= 11 is 0. The third-order valence-electron chi connectivity index (χ3n) is 1.85. The van der Waals surface area contributed by atoms with Gasteiger partial charge < -0.3 is 15.3 Å². The molecule has 1 aromatic carbocycles. The van der Waals surface area contributed by atoms with Gasteiger partial charge in [-0.25, -0.2) is 4.79 Å². The average Bonchev–Trinajstić information content (AvgIpc) is 2.28. The van der Waals surface area contributed by atoms with E-state index in [4.69, 9.17) is 10.2 Å². The second-order valence-electron chi connectivity index (χ2n) is 3.13. The second kappa shape index (κ2) is 5.50. The number of rotatable bonds is 4. The van der Waals surface area contributed by atoms with Gasteiger partial charge in [0.05, 0.1) is 0 Å². The first-order chi connectivity index (χ1) is 8.00. The first-order valence-corrected chi connectivity index (χ1v) is 4.64. The van der Waals surface area contributed by atoms with E-state index >= 15 is 0 Å².